The molecule has 6 nitrogen and oxygen atoms in total. The molecule has 0 aromatic heterocycles. The van der Waals surface area contributed by atoms with E-state index in [4.69, 9.17) is 9.47 Å². The molecule has 0 N–H and O–H groups in total. The monoisotopic (exact) mass is 720 g/mol. The first-order chi connectivity index (χ1) is 21.8. The quantitative estimate of drug-likeness (QED) is 0.164. The van der Waals surface area contributed by atoms with Crippen LogP contribution in [0, 0.1) is 11.6 Å². The Hall–Kier alpha value is -2.60. The molecule has 2 rings (SSSR count). The molecule has 0 aliphatic heterocycles. The van der Waals surface area contributed by atoms with Crippen LogP contribution >= 0.6 is 0 Å². The van der Waals surface area contributed by atoms with Crippen molar-refractivity contribution in [3.05, 3.63) is 71.3 Å². The van der Waals surface area contributed by atoms with Crippen molar-refractivity contribution in [1.82, 2.24) is 0 Å². The fraction of sp³-hybridized carbons (Fsp3) is 0.611. The highest BCUT2D eigenvalue weighted by Gasteiger charge is 2.57. The van der Waals surface area contributed by atoms with Gasteiger partial charge in [0.1, 0.15) is 11.6 Å². The smallest absolute Gasteiger partial charge is 0.344 e. The molecule has 0 saturated heterocycles. The van der Waals surface area contributed by atoms with Crippen molar-refractivity contribution >= 4 is 33.5 Å². The Morgan fingerprint density at radius 3 is 1.08 bits per heavy atom. The van der Waals surface area contributed by atoms with E-state index >= 15 is 8.78 Å². The van der Waals surface area contributed by atoms with Gasteiger partial charge >= 0.3 is 11.9 Å². The summed E-state index contributed by atoms with van der Waals surface area (Å²) >= 11 is 0. The molecule has 0 bridgehead atoms. The molecule has 48 heavy (non-hydrogen) atoms. The Balaban J connectivity index is 0.000000480. The number of rotatable bonds is 12. The minimum atomic E-state index is -2.54. The molecule has 0 radical (unpaired) electrons. The predicted molar refractivity (Wildman–Crippen MR) is 185 cm³/mol. The number of hydrogen-bond acceptors (Lipinski definition) is 6. The zero-order valence-corrected chi connectivity index (χ0v) is 31.9. The largest absolute Gasteiger partial charge is 0.464 e. The first-order valence-electron chi connectivity index (χ1n) is 15.7. The Bertz CT molecular complexity index is 1360. The molecule has 0 spiro atoms. The van der Waals surface area contributed by atoms with E-state index in [1.165, 1.54) is 50.2 Å². The standard InChI is InChI=1S/2C18H26F2O3S/c2*1-7-23-15(21)18(6,20)17(5,12-24(22)16(2,3)4)13-10-8-9-11-14(13)19/h2*8-11H,7,12H2,1-6H3/t17-,18+,24+;17-,18-,24+/m11/s1. The van der Waals surface area contributed by atoms with Gasteiger partial charge in [0.05, 0.1) is 24.0 Å². The summed E-state index contributed by atoms with van der Waals surface area (Å²) in [6, 6.07) is 11.4. The second-order valence-corrected chi connectivity index (χ2v) is 18.7. The van der Waals surface area contributed by atoms with Gasteiger partial charge in [-0.2, -0.15) is 0 Å². The fourth-order valence-electron chi connectivity index (χ4n) is 4.69. The molecule has 0 heterocycles. The van der Waals surface area contributed by atoms with Crippen LogP contribution in [0.5, 0.6) is 0 Å². The zero-order chi connectivity index (χ0) is 37.5. The summed E-state index contributed by atoms with van der Waals surface area (Å²) < 4.78 is 93.7. The van der Waals surface area contributed by atoms with Gasteiger partial charge in [0.2, 0.25) is 11.3 Å². The number of hydrogen-bond donors (Lipinski definition) is 0. The highest BCUT2D eigenvalue weighted by molar-refractivity contribution is 7.86. The van der Waals surface area contributed by atoms with Crippen LogP contribution in [-0.4, -0.2) is 65.9 Å². The minimum absolute atomic E-state index is 0.00799. The number of alkyl halides is 2. The van der Waals surface area contributed by atoms with E-state index in [0.29, 0.717) is 0 Å². The maximum atomic E-state index is 15.6. The first kappa shape index (κ1) is 43.4. The summed E-state index contributed by atoms with van der Waals surface area (Å²) in [5, 5.41) is 0. The number of carbonyl (C=O) groups is 2. The second-order valence-electron chi connectivity index (χ2n) is 14.3. The van der Waals surface area contributed by atoms with Crippen LogP contribution in [0.25, 0.3) is 0 Å². The van der Waals surface area contributed by atoms with E-state index in [2.05, 4.69) is 0 Å². The molecule has 0 aliphatic rings. The summed E-state index contributed by atoms with van der Waals surface area (Å²) in [4.78, 5) is 24.4. The van der Waals surface area contributed by atoms with Crippen molar-refractivity contribution in [2.24, 2.45) is 0 Å². The molecular formula is C36H52F4O6S2. The Kier molecular flexibility index (Phi) is 14.8. The van der Waals surface area contributed by atoms with Gasteiger partial charge in [0, 0.05) is 42.6 Å². The summed E-state index contributed by atoms with van der Waals surface area (Å²) in [6.07, 6.45) is 0. The summed E-state index contributed by atoms with van der Waals surface area (Å²) in [7, 11) is -2.99. The van der Waals surface area contributed by atoms with Crippen molar-refractivity contribution in [1.29, 1.82) is 0 Å². The first-order valence-corrected chi connectivity index (χ1v) is 18.4. The maximum Gasteiger partial charge on any atom is 0.344 e. The number of halogens is 4. The minimum Gasteiger partial charge on any atom is -0.464 e. The average molecular weight is 721 g/mol. The van der Waals surface area contributed by atoms with Crippen molar-refractivity contribution in [3.8, 4) is 0 Å². The third-order valence-electron chi connectivity index (χ3n) is 8.53. The van der Waals surface area contributed by atoms with Gasteiger partial charge in [0.25, 0.3) is 0 Å². The molecule has 0 amide bonds. The van der Waals surface area contributed by atoms with Crippen LogP contribution in [0.15, 0.2) is 48.5 Å². The van der Waals surface area contributed by atoms with Gasteiger partial charge in [-0.3, -0.25) is 8.42 Å². The predicted octanol–water partition coefficient (Wildman–Crippen LogP) is 7.84. The number of benzene rings is 2. The fourth-order valence-corrected chi connectivity index (χ4v) is 7.46. The molecule has 2 aromatic rings. The topological polar surface area (TPSA) is 86.7 Å². The molecule has 0 aliphatic carbocycles. The van der Waals surface area contributed by atoms with Gasteiger partial charge < -0.3 is 9.47 Å². The van der Waals surface area contributed by atoms with Crippen molar-refractivity contribution in [3.63, 3.8) is 0 Å². The van der Waals surface area contributed by atoms with Crippen molar-refractivity contribution < 1.29 is 45.0 Å². The van der Waals surface area contributed by atoms with Gasteiger partial charge in [-0.05, 0) is 92.5 Å². The van der Waals surface area contributed by atoms with E-state index in [-0.39, 0.29) is 35.8 Å². The lowest BCUT2D eigenvalue weighted by molar-refractivity contribution is -0.161. The number of ether oxygens (including phenoxy) is 2. The van der Waals surface area contributed by atoms with E-state index < -0.39 is 76.8 Å². The SMILES string of the molecule is CCOC(=O)[C@@](C)(F)[C@](C)(C[S@](=O)C(C)(C)C)c1ccccc1F.CCOC(=O)[C@](C)(F)[C@](C)(C[S@](=O)C(C)(C)C)c1ccccc1F. The number of carbonyl (C=O) groups excluding carboxylic acids is 2. The van der Waals surface area contributed by atoms with Crippen LogP contribution in [-0.2, 0) is 51.5 Å². The highest BCUT2D eigenvalue weighted by Crippen LogP contribution is 2.43. The van der Waals surface area contributed by atoms with Crippen LogP contribution in [0.3, 0.4) is 0 Å². The van der Waals surface area contributed by atoms with Crippen molar-refractivity contribution in [2.45, 2.75) is 115 Å². The maximum absolute atomic E-state index is 15.6. The highest BCUT2D eigenvalue weighted by atomic mass is 32.2. The molecule has 272 valence electrons. The molecule has 6 atom stereocenters. The van der Waals surface area contributed by atoms with Gasteiger partial charge in [-0.1, -0.05) is 50.2 Å². The molecule has 12 heteroatoms. The van der Waals surface area contributed by atoms with Crippen LogP contribution in [0.1, 0.15) is 94.2 Å². The zero-order valence-electron chi connectivity index (χ0n) is 30.2. The van der Waals surface area contributed by atoms with E-state index in [1.807, 2.05) is 0 Å². The Morgan fingerprint density at radius 2 is 0.854 bits per heavy atom. The Morgan fingerprint density at radius 1 is 0.583 bits per heavy atom. The second kappa shape index (κ2) is 16.4. The third-order valence-corrected chi connectivity index (χ3v) is 12.9. The van der Waals surface area contributed by atoms with E-state index in [0.717, 1.165) is 13.8 Å². The van der Waals surface area contributed by atoms with Crippen LogP contribution in [0.4, 0.5) is 17.6 Å². The van der Waals surface area contributed by atoms with Crippen LogP contribution < -0.4 is 0 Å². The summed E-state index contributed by atoms with van der Waals surface area (Å²) in [5.41, 5.74) is -8.31. The lowest BCUT2D eigenvalue weighted by Gasteiger charge is -2.40. The van der Waals surface area contributed by atoms with Crippen LogP contribution in [0.2, 0.25) is 0 Å². The lowest BCUT2D eigenvalue weighted by atomic mass is 9.71. The molecule has 2 aromatic carbocycles. The van der Waals surface area contributed by atoms with Gasteiger partial charge in [-0.15, -0.1) is 0 Å². The summed E-state index contributed by atoms with van der Waals surface area (Å²) in [5.74, 6) is -3.85. The van der Waals surface area contributed by atoms with Gasteiger partial charge in [0.15, 0.2) is 0 Å². The molecule has 0 saturated carbocycles. The third kappa shape index (κ3) is 9.76. The Labute approximate surface area is 288 Å². The van der Waals surface area contributed by atoms with E-state index in [9.17, 15) is 26.8 Å². The number of esters is 2. The summed E-state index contributed by atoms with van der Waals surface area (Å²) in [6.45, 7) is 18.7. The van der Waals surface area contributed by atoms with Gasteiger partial charge in [-0.25, -0.2) is 27.2 Å². The molecule has 0 fully saturated rings. The normalized spacial score (nSPS) is 18.3. The lowest BCUT2D eigenvalue weighted by Crippen LogP contribution is -2.55. The average Bonchev–Trinajstić information content (AvgIpc) is 2.96. The molecular weight excluding hydrogens is 669 g/mol. The molecule has 0 unspecified atom stereocenters. The van der Waals surface area contributed by atoms with E-state index in [1.54, 1.807) is 67.5 Å². The van der Waals surface area contributed by atoms with Crippen molar-refractivity contribution in [2.75, 3.05) is 24.7 Å².